The SMILES string of the molecule is COC(=O)c1ncn(-c2ncc([N+](=O)[O-])cc2C)n1. The summed E-state index contributed by atoms with van der Waals surface area (Å²) in [5, 5.41) is 14.5. The lowest BCUT2D eigenvalue weighted by atomic mass is 10.2. The van der Waals surface area contributed by atoms with E-state index in [2.05, 4.69) is 19.8 Å². The molecule has 0 aliphatic heterocycles. The Balaban J connectivity index is 2.39. The number of nitrogens with zero attached hydrogens (tertiary/aromatic N) is 5. The van der Waals surface area contributed by atoms with Crippen LogP contribution in [0.4, 0.5) is 5.69 Å². The van der Waals surface area contributed by atoms with Crippen LogP contribution in [0.25, 0.3) is 5.82 Å². The number of carbonyl (C=O) groups excluding carboxylic acids is 1. The molecular weight excluding hydrogens is 254 g/mol. The van der Waals surface area contributed by atoms with Crippen LogP contribution in [0.15, 0.2) is 18.6 Å². The molecule has 0 spiro atoms. The maximum Gasteiger partial charge on any atom is 0.377 e. The van der Waals surface area contributed by atoms with E-state index in [9.17, 15) is 14.9 Å². The van der Waals surface area contributed by atoms with Crippen LogP contribution in [0.1, 0.15) is 16.2 Å². The summed E-state index contributed by atoms with van der Waals surface area (Å²) >= 11 is 0. The number of esters is 1. The zero-order valence-corrected chi connectivity index (χ0v) is 10.1. The van der Waals surface area contributed by atoms with Gasteiger partial charge in [0.2, 0.25) is 0 Å². The van der Waals surface area contributed by atoms with E-state index in [0.717, 1.165) is 6.20 Å². The first-order valence-corrected chi connectivity index (χ1v) is 5.14. The molecule has 0 saturated heterocycles. The second kappa shape index (κ2) is 4.80. The highest BCUT2D eigenvalue weighted by Gasteiger charge is 2.15. The van der Waals surface area contributed by atoms with E-state index in [1.54, 1.807) is 6.92 Å². The van der Waals surface area contributed by atoms with Gasteiger partial charge in [-0.25, -0.2) is 19.4 Å². The minimum Gasteiger partial charge on any atom is -0.463 e. The molecule has 2 aromatic rings. The van der Waals surface area contributed by atoms with Gasteiger partial charge in [-0.2, -0.15) is 0 Å². The molecule has 2 aromatic heterocycles. The van der Waals surface area contributed by atoms with Gasteiger partial charge in [-0.05, 0) is 6.92 Å². The Morgan fingerprint density at radius 3 is 2.79 bits per heavy atom. The first-order valence-electron chi connectivity index (χ1n) is 5.14. The molecule has 0 saturated carbocycles. The number of aryl methyl sites for hydroxylation is 1. The van der Waals surface area contributed by atoms with E-state index in [4.69, 9.17) is 0 Å². The molecule has 0 aromatic carbocycles. The molecule has 0 bridgehead atoms. The third-order valence-electron chi connectivity index (χ3n) is 2.32. The lowest BCUT2D eigenvalue weighted by Crippen LogP contribution is -2.07. The van der Waals surface area contributed by atoms with Gasteiger partial charge in [-0.3, -0.25) is 10.1 Å². The quantitative estimate of drug-likeness (QED) is 0.454. The summed E-state index contributed by atoms with van der Waals surface area (Å²) in [5.41, 5.74) is 0.421. The molecule has 2 heterocycles. The second-order valence-corrected chi connectivity index (χ2v) is 3.60. The van der Waals surface area contributed by atoms with Crippen LogP contribution in [0.2, 0.25) is 0 Å². The van der Waals surface area contributed by atoms with E-state index in [-0.39, 0.29) is 11.5 Å². The van der Waals surface area contributed by atoms with Gasteiger partial charge >= 0.3 is 5.97 Å². The number of nitro groups is 1. The summed E-state index contributed by atoms with van der Waals surface area (Å²) in [6.07, 6.45) is 2.40. The average molecular weight is 263 g/mol. The van der Waals surface area contributed by atoms with Crippen molar-refractivity contribution in [3.8, 4) is 5.82 Å². The van der Waals surface area contributed by atoms with Crippen LogP contribution in [-0.4, -0.2) is 37.8 Å². The summed E-state index contributed by atoms with van der Waals surface area (Å²) in [6.45, 7) is 1.65. The van der Waals surface area contributed by atoms with E-state index < -0.39 is 10.9 Å². The van der Waals surface area contributed by atoms with Crippen molar-refractivity contribution >= 4 is 11.7 Å². The minimum absolute atomic E-state index is 0.109. The molecule has 19 heavy (non-hydrogen) atoms. The molecule has 2 rings (SSSR count). The van der Waals surface area contributed by atoms with Crippen LogP contribution < -0.4 is 0 Å². The van der Waals surface area contributed by atoms with E-state index in [1.807, 2.05) is 0 Å². The molecule has 9 nitrogen and oxygen atoms in total. The van der Waals surface area contributed by atoms with E-state index in [0.29, 0.717) is 11.4 Å². The molecule has 0 unspecified atom stereocenters. The number of ether oxygens (including phenoxy) is 1. The molecule has 0 fully saturated rings. The van der Waals surface area contributed by atoms with Crippen LogP contribution in [-0.2, 0) is 4.74 Å². The number of pyridine rings is 1. The Kier molecular flexibility index (Phi) is 3.19. The summed E-state index contributed by atoms with van der Waals surface area (Å²) in [6, 6.07) is 1.36. The first kappa shape index (κ1) is 12.6. The van der Waals surface area contributed by atoms with Gasteiger partial charge in [0, 0.05) is 11.6 Å². The van der Waals surface area contributed by atoms with Crippen molar-refractivity contribution in [1.82, 2.24) is 19.7 Å². The predicted octanol–water partition coefficient (Wildman–Crippen LogP) is 0.666. The smallest absolute Gasteiger partial charge is 0.377 e. The van der Waals surface area contributed by atoms with Gasteiger partial charge in [0.25, 0.3) is 11.5 Å². The standard InChI is InChI=1S/C10H9N5O4/c1-6-3-7(15(17)18)4-11-9(6)14-5-12-8(13-14)10(16)19-2/h3-5H,1-2H3. The fraction of sp³-hybridized carbons (Fsp3) is 0.200. The highest BCUT2D eigenvalue weighted by molar-refractivity contribution is 5.84. The zero-order valence-electron chi connectivity index (χ0n) is 10.1. The number of rotatable bonds is 3. The van der Waals surface area contributed by atoms with Crippen LogP contribution in [0.3, 0.4) is 0 Å². The third kappa shape index (κ3) is 2.39. The molecule has 0 amide bonds. The molecule has 0 aliphatic rings. The second-order valence-electron chi connectivity index (χ2n) is 3.60. The van der Waals surface area contributed by atoms with Gasteiger partial charge in [-0.1, -0.05) is 0 Å². The highest BCUT2D eigenvalue weighted by atomic mass is 16.6. The average Bonchev–Trinajstić information content (AvgIpc) is 2.87. The third-order valence-corrected chi connectivity index (χ3v) is 2.32. The summed E-state index contributed by atoms with van der Waals surface area (Å²) in [7, 11) is 1.22. The molecule has 0 radical (unpaired) electrons. The lowest BCUT2D eigenvalue weighted by Gasteiger charge is -2.02. The predicted molar refractivity (Wildman–Crippen MR) is 61.9 cm³/mol. The van der Waals surface area contributed by atoms with Gasteiger partial charge in [0.1, 0.15) is 12.5 Å². The topological polar surface area (TPSA) is 113 Å². The summed E-state index contributed by atoms with van der Waals surface area (Å²) in [5.74, 6) is -0.423. The van der Waals surface area contributed by atoms with Crippen LogP contribution >= 0.6 is 0 Å². The van der Waals surface area contributed by atoms with Crippen molar-refractivity contribution in [3.05, 3.63) is 40.1 Å². The fourth-order valence-corrected chi connectivity index (χ4v) is 1.44. The summed E-state index contributed by atoms with van der Waals surface area (Å²) in [4.78, 5) is 29.0. The van der Waals surface area contributed by atoms with Crippen molar-refractivity contribution in [3.63, 3.8) is 0 Å². The van der Waals surface area contributed by atoms with Gasteiger partial charge in [0.05, 0.1) is 12.0 Å². The Morgan fingerprint density at radius 2 is 2.21 bits per heavy atom. The van der Waals surface area contributed by atoms with E-state index >= 15 is 0 Å². The molecule has 0 aliphatic carbocycles. The number of carbonyl (C=O) groups is 1. The zero-order chi connectivity index (χ0) is 14.0. The lowest BCUT2D eigenvalue weighted by molar-refractivity contribution is -0.385. The highest BCUT2D eigenvalue weighted by Crippen LogP contribution is 2.16. The maximum absolute atomic E-state index is 11.2. The Hall–Kier alpha value is -2.84. The maximum atomic E-state index is 11.2. The summed E-state index contributed by atoms with van der Waals surface area (Å²) < 4.78 is 5.73. The largest absolute Gasteiger partial charge is 0.463 e. The Bertz CT molecular complexity index is 651. The molecule has 0 N–H and O–H groups in total. The van der Waals surface area contributed by atoms with E-state index in [1.165, 1.54) is 24.2 Å². The minimum atomic E-state index is -0.668. The monoisotopic (exact) mass is 263 g/mol. The molecular formula is C10H9N5O4. The van der Waals surface area contributed by atoms with Crippen molar-refractivity contribution in [2.45, 2.75) is 6.92 Å². The number of hydrogen-bond donors (Lipinski definition) is 0. The number of hydrogen-bond acceptors (Lipinski definition) is 7. The first-order chi connectivity index (χ1) is 9.02. The van der Waals surface area contributed by atoms with Gasteiger partial charge in [-0.15, -0.1) is 5.10 Å². The van der Waals surface area contributed by atoms with Crippen LogP contribution in [0.5, 0.6) is 0 Å². The normalized spacial score (nSPS) is 10.2. The Labute approximate surface area is 107 Å². The molecule has 9 heteroatoms. The van der Waals surface area contributed by atoms with Crippen molar-refractivity contribution in [2.75, 3.05) is 7.11 Å². The van der Waals surface area contributed by atoms with Crippen molar-refractivity contribution in [1.29, 1.82) is 0 Å². The number of aromatic nitrogens is 4. The molecule has 98 valence electrons. The van der Waals surface area contributed by atoms with Crippen molar-refractivity contribution in [2.24, 2.45) is 0 Å². The van der Waals surface area contributed by atoms with Gasteiger partial charge < -0.3 is 4.74 Å². The van der Waals surface area contributed by atoms with Crippen LogP contribution in [0, 0.1) is 17.0 Å². The van der Waals surface area contributed by atoms with Gasteiger partial charge in [0.15, 0.2) is 5.82 Å². The fourth-order valence-electron chi connectivity index (χ4n) is 1.44. The molecule has 0 atom stereocenters. The van der Waals surface area contributed by atoms with Crippen molar-refractivity contribution < 1.29 is 14.5 Å². The Morgan fingerprint density at radius 1 is 1.47 bits per heavy atom. The number of methoxy groups -OCH3 is 1.